The Bertz CT molecular complexity index is 446. The Morgan fingerprint density at radius 1 is 1.30 bits per heavy atom. The molecule has 0 bridgehead atoms. The van der Waals surface area contributed by atoms with Crippen LogP contribution in [0.5, 0.6) is 0 Å². The van der Waals surface area contributed by atoms with Crippen LogP contribution >= 0.6 is 23.2 Å². The van der Waals surface area contributed by atoms with Crippen LogP contribution in [0.1, 0.15) is 45.1 Å². The monoisotopic (exact) mass is 315 g/mol. The minimum absolute atomic E-state index is 0.0496. The van der Waals surface area contributed by atoms with Gasteiger partial charge in [0.05, 0.1) is 5.60 Å². The topological polar surface area (TPSA) is 21.3 Å². The van der Waals surface area contributed by atoms with Gasteiger partial charge in [-0.1, -0.05) is 37.0 Å². The first kappa shape index (κ1) is 16.1. The second-order valence-electron chi connectivity index (χ2n) is 5.54. The van der Waals surface area contributed by atoms with Crippen molar-refractivity contribution < 1.29 is 4.74 Å². The summed E-state index contributed by atoms with van der Waals surface area (Å²) in [4.78, 5) is 0. The Balaban J connectivity index is 1.95. The van der Waals surface area contributed by atoms with Gasteiger partial charge in [-0.3, -0.25) is 0 Å². The predicted molar refractivity (Wildman–Crippen MR) is 85.6 cm³/mol. The highest BCUT2D eigenvalue weighted by atomic mass is 35.5. The lowest BCUT2D eigenvalue weighted by Crippen LogP contribution is -2.46. The van der Waals surface area contributed by atoms with Crippen molar-refractivity contribution >= 4 is 23.2 Å². The standard InChI is InChI=1S/C16H23Cl2NO/c1-3-16(4-2)10-14(7-8-20-16)19-11-12-9-13(17)5-6-15(12)18/h5-6,9,14,19H,3-4,7-8,10-11H2,1-2H3. The van der Waals surface area contributed by atoms with Crippen LogP contribution in [0, 0.1) is 0 Å². The van der Waals surface area contributed by atoms with E-state index in [0.717, 1.165) is 54.4 Å². The van der Waals surface area contributed by atoms with Gasteiger partial charge in [0, 0.05) is 29.2 Å². The van der Waals surface area contributed by atoms with Crippen LogP contribution in [0.2, 0.25) is 10.0 Å². The largest absolute Gasteiger partial charge is 0.375 e. The van der Waals surface area contributed by atoms with E-state index >= 15 is 0 Å². The first-order valence-electron chi connectivity index (χ1n) is 7.40. The lowest BCUT2D eigenvalue weighted by atomic mass is 9.86. The molecule has 1 fully saturated rings. The summed E-state index contributed by atoms with van der Waals surface area (Å²) in [5.74, 6) is 0. The SMILES string of the molecule is CCC1(CC)CC(NCc2cc(Cl)ccc2Cl)CCO1. The highest BCUT2D eigenvalue weighted by Crippen LogP contribution is 2.31. The van der Waals surface area contributed by atoms with E-state index in [1.807, 2.05) is 18.2 Å². The molecule has 0 radical (unpaired) electrons. The molecule has 2 nitrogen and oxygen atoms in total. The molecular formula is C16H23Cl2NO. The summed E-state index contributed by atoms with van der Waals surface area (Å²) in [7, 11) is 0. The predicted octanol–water partition coefficient (Wildman–Crippen LogP) is 4.82. The van der Waals surface area contributed by atoms with Gasteiger partial charge in [-0.25, -0.2) is 0 Å². The van der Waals surface area contributed by atoms with Crippen molar-refractivity contribution in [2.24, 2.45) is 0 Å². The van der Waals surface area contributed by atoms with Crippen molar-refractivity contribution in [2.75, 3.05) is 6.61 Å². The minimum atomic E-state index is 0.0496. The van der Waals surface area contributed by atoms with Gasteiger partial charge in [0.1, 0.15) is 0 Å². The highest BCUT2D eigenvalue weighted by molar-refractivity contribution is 6.33. The van der Waals surface area contributed by atoms with Crippen molar-refractivity contribution in [3.63, 3.8) is 0 Å². The second kappa shape index (κ2) is 7.13. The zero-order valence-electron chi connectivity index (χ0n) is 12.2. The van der Waals surface area contributed by atoms with E-state index in [1.54, 1.807) is 0 Å². The zero-order chi connectivity index (χ0) is 14.6. The number of benzene rings is 1. The fourth-order valence-corrected chi connectivity index (χ4v) is 3.26. The summed E-state index contributed by atoms with van der Waals surface area (Å²) in [5.41, 5.74) is 1.11. The van der Waals surface area contributed by atoms with Crippen LogP contribution < -0.4 is 5.32 Å². The van der Waals surface area contributed by atoms with Crippen LogP contribution in [-0.4, -0.2) is 18.2 Å². The first-order chi connectivity index (χ1) is 9.58. The highest BCUT2D eigenvalue weighted by Gasteiger charge is 2.34. The van der Waals surface area contributed by atoms with Gasteiger partial charge in [-0.15, -0.1) is 0 Å². The van der Waals surface area contributed by atoms with Gasteiger partial charge >= 0.3 is 0 Å². The van der Waals surface area contributed by atoms with E-state index in [1.165, 1.54) is 0 Å². The molecule has 1 atom stereocenters. The van der Waals surface area contributed by atoms with E-state index in [9.17, 15) is 0 Å². The molecular weight excluding hydrogens is 293 g/mol. The van der Waals surface area contributed by atoms with E-state index in [4.69, 9.17) is 27.9 Å². The Morgan fingerprint density at radius 3 is 2.75 bits per heavy atom. The number of nitrogens with one attached hydrogen (secondary N) is 1. The molecule has 1 unspecified atom stereocenters. The fraction of sp³-hybridized carbons (Fsp3) is 0.625. The lowest BCUT2D eigenvalue weighted by molar-refractivity contribution is -0.0932. The van der Waals surface area contributed by atoms with Crippen LogP contribution in [0.25, 0.3) is 0 Å². The summed E-state index contributed by atoms with van der Waals surface area (Å²) in [5, 5.41) is 5.11. The third kappa shape index (κ3) is 3.88. The molecule has 1 aromatic rings. The summed E-state index contributed by atoms with van der Waals surface area (Å²) in [6.07, 6.45) is 4.26. The normalized spacial score (nSPS) is 21.9. The quantitative estimate of drug-likeness (QED) is 0.841. The summed E-state index contributed by atoms with van der Waals surface area (Å²) in [6, 6.07) is 6.09. The van der Waals surface area contributed by atoms with E-state index in [2.05, 4.69) is 19.2 Å². The van der Waals surface area contributed by atoms with Crippen LogP contribution in [0.4, 0.5) is 0 Å². The van der Waals surface area contributed by atoms with Gasteiger partial charge in [0.25, 0.3) is 0 Å². The number of hydrogen-bond donors (Lipinski definition) is 1. The van der Waals surface area contributed by atoms with Crippen molar-refractivity contribution in [1.29, 1.82) is 0 Å². The van der Waals surface area contributed by atoms with Crippen LogP contribution in [0.15, 0.2) is 18.2 Å². The van der Waals surface area contributed by atoms with Gasteiger partial charge in [0.2, 0.25) is 0 Å². The van der Waals surface area contributed by atoms with E-state index in [0.29, 0.717) is 6.04 Å². The number of hydrogen-bond acceptors (Lipinski definition) is 2. The minimum Gasteiger partial charge on any atom is -0.375 e. The first-order valence-corrected chi connectivity index (χ1v) is 8.15. The van der Waals surface area contributed by atoms with Crippen molar-refractivity contribution in [1.82, 2.24) is 5.32 Å². The zero-order valence-corrected chi connectivity index (χ0v) is 13.7. The number of rotatable bonds is 5. The Kier molecular flexibility index (Phi) is 5.74. The van der Waals surface area contributed by atoms with Crippen molar-refractivity contribution in [2.45, 2.75) is 57.7 Å². The molecule has 1 aromatic carbocycles. The molecule has 0 aromatic heterocycles. The smallest absolute Gasteiger partial charge is 0.0692 e. The molecule has 0 aliphatic carbocycles. The van der Waals surface area contributed by atoms with Gasteiger partial charge < -0.3 is 10.1 Å². The molecule has 1 saturated heterocycles. The number of halogens is 2. The summed E-state index contributed by atoms with van der Waals surface area (Å²) in [6.45, 7) is 6.01. The average Bonchev–Trinajstić information content (AvgIpc) is 2.48. The third-order valence-electron chi connectivity index (χ3n) is 4.37. The Hall–Kier alpha value is -0.280. The molecule has 0 saturated carbocycles. The van der Waals surface area contributed by atoms with Crippen LogP contribution in [0.3, 0.4) is 0 Å². The molecule has 0 amide bonds. The maximum atomic E-state index is 6.20. The average molecular weight is 316 g/mol. The molecule has 1 heterocycles. The van der Waals surface area contributed by atoms with Gasteiger partial charge in [-0.2, -0.15) is 0 Å². The summed E-state index contributed by atoms with van der Waals surface area (Å²) >= 11 is 12.2. The van der Waals surface area contributed by atoms with Crippen LogP contribution in [-0.2, 0) is 11.3 Å². The maximum absolute atomic E-state index is 6.20. The molecule has 112 valence electrons. The molecule has 0 spiro atoms. The summed E-state index contributed by atoms with van der Waals surface area (Å²) < 4.78 is 6.00. The molecule has 1 N–H and O–H groups in total. The van der Waals surface area contributed by atoms with Crippen molar-refractivity contribution in [3.8, 4) is 0 Å². The van der Waals surface area contributed by atoms with E-state index in [-0.39, 0.29) is 5.60 Å². The van der Waals surface area contributed by atoms with Crippen molar-refractivity contribution in [3.05, 3.63) is 33.8 Å². The maximum Gasteiger partial charge on any atom is 0.0692 e. The molecule has 20 heavy (non-hydrogen) atoms. The Labute approximate surface area is 131 Å². The molecule has 1 aliphatic heterocycles. The lowest BCUT2D eigenvalue weighted by Gasteiger charge is -2.40. The van der Waals surface area contributed by atoms with Gasteiger partial charge in [0.15, 0.2) is 0 Å². The second-order valence-corrected chi connectivity index (χ2v) is 6.39. The van der Waals surface area contributed by atoms with Gasteiger partial charge in [-0.05, 0) is 49.4 Å². The Morgan fingerprint density at radius 2 is 2.05 bits per heavy atom. The van der Waals surface area contributed by atoms with E-state index < -0.39 is 0 Å². The molecule has 2 rings (SSSR count). The fourth-order valence-electron chi connectivity index (χ4n) is 2.88. The molecule has 1 aliphatic rings. The number of ether oxygens (including phenoxy) is 1. The third-order valence-corrected chi connectivity index (χ3v) is 4.97. The molecule has 4 heteroatoms.